The standard InChI is InChI=1S/C14H19NO3S/c1-3-8-15-12(10-19(2,16)17)14-9-11-6-4-5-7-13(11)18-14/h4-7,9,12,15H,3,8,10H2,1-2H3. The van der Waals surface area contributed by atoms with Crippen molar-refractivity contribution in [3.05, 3.63) is 36.1 Å². The third-order valence-corrected chi connectivity index (χ3v) is 3.84. The largest absolute Gasteiger partial charge is 0.459 e. The van der Waals surface area contributed by atoms with Gasteiger partial charge >= 0.3 is 0 Å². The first-order chi connectivity index (χ1) is 8.99. The lowest BCUT2D eigenvalue weighted by Crippen LogP contribution is -2.28. The van der Waals surface area contributed by atoms with Gasteiger partial charge in [-0.05, 0) is 25.1 Å². The van der Waals surface area contributed by atoms with Crippen LogP contribution in [0.1, 0.15) is 25.1 Å². The summed E-state index contributed by atoms with van der Waals surface area (Å²) in [7, 11) is -3.06. The van der Waals surface area contributed by atoms with Crippen LogP contribution in [0.5, 0.6) is 0 Å². The Bertz CT molecular complexity index is 613. The highest BCUT2D eigenvalue weighted by Crippen LogP contribution is 2.24. The predicted molar refractivity (Wildman–Crippen MR) is 77.0 cm³/mol. The molecule has 1 aromatic heterocycles. The molecule has 4 nitrogen and oxygen atoms in total. The van der Waals surface area contributed by atoms with E-state index in [9.17, 15) is 8.42 Å². The summed E-state index contributed by atoms with van der Waals surface area (Å²) in [6, 6.07) is 9.30. The molecule has 0 radical (unpaired) electrons. The lowest BCUT2D eigenvalue weighted by molar-refractivity contribution is 0.450. The van der Waals surface area contributed by atoms with Gasteiger partial charge in [-0.15, -0.1) is 0 Å². The number of hydrogen-bond acceptors (Lipinski definition) is 4. The highest BCUT2D eigenvalue weighted by Gasteiger charge is 2.20. The van der Waals surface area contributed by atoms with Crippen LogP contribution in [0, 0.1) is 0 Å². The minimum atomic E-state index is -3.06. The molecule has 1 heterocycles. The Hall–Kier alpha value is -1.33. The maximum absolute atomic E-state index is 11.5. The van der Waals surface area contributed by atoms with E-state index in [1.165, 1.54) is 6.26 Å². The number of para-hydroxylation sites is 1. The highest BCUT2D eigenvalue weighted by molar-refractivity contribution is 7.90. The Balaban J connectivity index is 2.30. The van der Waals surface area contributed by atoms with Crippen LogP contribution >= 0.6 is 0 Å². The molecular weight excluding hydrogens is 262 g/mol. The molecule has 0 aliphatic rings. The van der Waals surface area contributed by atoms with E-state index in [0.29, 0.717) is 5.76 Å². The molecule has 1 N–H and O–H groups in total. The van der Waals surface area contributed by atoms with E-state index in [1.54, 1.807) is 0 Å². The third-order valence-electron chi connectivity index (χ3n) is 2.90. The van der Waals surface area contributed by atoms with Crippen LogP contribution in [-0.2, 0) is 9.84 Å². The summed E-state index contributed by atoms with van der Waals surface area (Å²) in [5.74, 6) is 0.729. The number of nitrogens with one attached hydrogen (secondary N) is 1. The fourth-order valence-corrected chi connectivity index (χ4v) is 2.92. The zero-order valence-electron chi connectivity index (χ0n) is 11.2. The minimum absolute atomic E-state index is 0.0484. The fourth-order valence-electron chi connectivity index (χ4n) is 2.04. The van der Waals surface area contributed by atoms with Gasteiger partial charge in [0.05, 0.1) is 11.8 Å². The summed E-state index contributed by atoms with van der Waals surface area (Å²) in [6.45, 7) is 2.81. The molecule has 0 spiro atoms. The molecule has 0 fully saturated rings. The van der Waals surface area contributed by atoms with Gasteiger partial charge in [0.1, 0.15) is 21.2 Å². The van der Waals surface area contributed by atoms with Crippen molar-refractivity contribution < 1.29 is 12.8 Å². The van der Waals surface area contributed by atoms with Gasteiger partial charge in [-0.2, -0.15) is 0 Å². The zero-order valence-corrected chi connectivity index (χ0v) is 12.0. The topological polar surface area (TPSA) is 59.3 Å². The molecule has 19 heavy (non-hydrogen) atoms. The van der Waals surface area contributed by atoms with Gasteiger partial charge < -0.3 is 9.73 Å². The molecule has 104 valence electrons. The van der Waals surface area contributed by atoms with Gasteiger partial charge in [-0.1, -0.05) is 25.1 Å². The van der Waals surface area contributed by atoms with E-state index in [-0.39, 0.29) is 11.8 Å². The number of furan rings is 1. The molecule has 2 rings (SSSR count). The van der Waals surface area contributed by atoms with E-state index in [2.05, 4.69) is 5.32 Å². The van der Waals surface area contributed by atoms with Gasteiger partial charge in [0.15, 0.2) is 0 Å². The maximum Gasteiger partial charge on any atom is 0.149 e. The predicted octanol–water partition coefficient (Wildman–Crippen LogP) is 2.52. The van der Waals surface area contributed by atoms with Gasteiger partial charge in [-0.3, -0.25) is 0 Å². The quantitative estimate of drug-likeness (QED) is 0.884. The maximum atomic E-state index is 11.5. The Kier molecular flexibility index (Phi) is 4.27. The van der Waals surface area contributed by atoms with E-state index in [4.69, 9.17) is 4.42 Å². The van der Waals surface area contributed by atoms with Gasteiger partial charge in [-0.25, -0.2) is 8.42 Å². The molecule has 0 bridgehead atoms. The third kappa shape index (κ3) is 3.81. The van der Waals surface area contributed by atoms with Crippen molar-refractivity contribution >= 4 is 20.8 Å². The van der Waals surface area contributed by atoms with Crippen LogP contribution in [0.25, 0.3) is 11.0 Å². The van der Waals surface area contributed by atoms with Gasteiger partial charge in [0.2, 0.25) is 0 Å². The Labute approximate surface area is 113 Å². The molecule has 0 aliphatic heterocycles. The van der Waals surface area contributed by atoms with E-state index in [0.717, 1.165) is 23.9 Å². The number of hydrogen-bond donors (Lipinski definition) is 1. The Morgan fingerprint density at radius 3 is 2.68 bits per heavy atom. The van der Waals surface area contributed by atoms with Gasteiger partial charge in [0, 0.05) is 11.6 Å². The van der Waals surface area contributed by atoms with Crippen LogP contribution < -0.4 is 5.32 Å². The van der Waals surface area contributed by atoms with Crippen molar-refractivity contribution in [2.45, 2.75) is 19.4 Å². The van der Waals surface area contributed by atoms with Crippen LogP contribution in [0.3, 0.4) is 0 Å². The molecule has 5 heteroatoms. The SMILES string of the molecule is CCCNC(CS(C)(=O)=O)c1cc2ccccc2o1. The lowest BCUT2D eigenvalue weighted by atomic mass is 10.2. The number of fused-ring (bicyclic) bond motifs is 1. The number of rotatable bonds is 6. The average Bonchev–Trinajstić information content (AvgIpc) is 2.76. The second-order valence-electron chi connectivity index (χ2n) is 4.79. The molecule has 1 atom stereocenters. The van der Waals surface area contributed by atoms with Crippen molar-refractivity contribution in [3.8, 4) is 0 Å². The number of benzene rings is 1. The molecule has 1 unspecified atom stereocenters. The Morgan fingerprint density at radius 1 is 1.32 bits per heavy atom. The number of sulfone groups is 1. The molecule has 0 saturated heterocycles. The van der Waals surface area contributed by atoms with Gasteiger partial charge in [0.25, 0.3) is 0 Å². The molecular formula is C14H19NO3S. The first-order valence-electron chi connectivity index (χ1n) is 6.39. The van der Waals surface area contributed by atoms with Crippen LogP contribution in [0.4, 0.5) is 0 Å². The highest BCUT2D eigenvalue weighted by atomic mass is 32.2. The summed E-state index contributed by atoms with van der Waals surface area (Å²) in [4.78, 5) is 0. The summed E-state index contributed by atoms with van der Waals surface area (Å²) in [6.07, 6.45) is 2.19. The summed E-state index contributed by atoms with van der Waals surface area (Å²) in [5, 5.41) is 4.23. The summed E-state index contributed by atoms with van der Waals surface area (Å²) in [5.41, 5.74) is 0.786. The minimum Gasteiger partial charge on any atom is -0.459 e. The molecule has 0 amide bonds. The normalized spacial score (nSPS) is 13.8. The zero-order chi connectivity index (χ0) is 13.9. The Morgan fingerprint density at radius 2 is 2.05 bits per heavy atom. The van der Waals surface area contributed by atoms with Crippen molar-refractivity contribution in [2.75, 3.05) is 18.6 Å². The first-order valence-corrected chi connectivity index (χ1v) is 8.45. The molecule has 0 aliphatic carbocycles. The average molecular weight is 281 g/mol. The first kappa shape index (κ1) is 14.1. The fraction of sp³-hybridized carbons (Fsp3) is 0.429. The van der Waals surface area contributed by atoms with E-state index in [1.807, 2.05) is 37.3 Å². The smallest absolute Gasteiger partial charge is 0.149 e. The van der Waals surface area contributed by atoms with E-state index < -0.39 is 9.84 Å². The molecule has 1 aromatic carbocycles. The summed E-state index contributed by atoms with van der Waals surface area (Å²) >= 11 is 0. The molecule has 2 aromatic rings. The van der Waals surface area contributed by atoms with E-state index >= 15 is 0 Å². The molecule has 0 saturated carbocycles. The van der Waals surface area contributed by atoms with Crippen molar-refractivity contribution in [1.82, 2.24) is 5.32 Å². The summed E-state index contributed by atoms with van der Waals surface area (Å²) < 4.78 is 28.8. The lowest BCUT2D eigenvalue weighted by Gasteiger charge is -2.14. The van der Waals surface area contributed by atoms with Crippen molar-refractivity contribution in [3.63, 3.8) is 0 Å². The van der Waals surface area contributed by atoms with Crippen LogP contribution in [0.2, 0.25) is 0 Å². The van der Waals surface area contributed by atoms with Crippen molar-refractivity contribution in [1.29, 1.82) is 0 Å². The monoisotopic (exact) mass is 281 g/mol. The van der Waals surface area contributed by atoms with Crippen molar-refractivity contribution in [2.24, 2.45) is 0 Å². The van der Waals surface area contributed by atoms with Crippen LogP contribution in [-0.4, -0.2) is 27.0 Å². The van der Waals surface area contributed by atoms with Crippen LogP contribution in [0.15, 0.2) is 34.7 Å². The second-order valence-corrected chi connectivity index (χ2v) is 6.97. The second kappa shape index (κ2) is 5.75.